The van der Waals surface area contributed by atoms with E-state index in [1.807, 2.05) is 19.9 Å². The van der Waals surface area contributed by atoms with Crippen LogP contribution in [0.25, 0.3) is 0 Å². The molecule has 0 saturated heterocycles. The molecule has 1 fully saturated rings. The van der Waals surface area contributed by atoms with Crippen LogP contribution in [0.15, 0.2) is 12.1 Å². The highest BCUT2D eigenvalue weighted by Gasteiger charge is 2.47. The van der Waals surface area contributed by atoms with Crippen LogP contribution in [0.4, 0.5) is 0 Å². The molecule has 1 N–H and O–H groups in total. The molecule has 2 aliphatic rings. The second-order valence-electron chi connectivity index (χ2n) is 4.38. The number of rotatable bonds is 0. The minimum Gasteiger partial charge on any atom is -0.508 e. The van der Waals surface area contributed by atoms with Crippen LogP contribution in [0, 0.1) is 12.8 Å². The van der Waals surface area contributed by atoms with Crippen molar-refractivity contribution in [2.45, 2.75) is 39.5 Å². The minimum atomic E-state index is 0.178. The fourth-order valence-electron chi connectivity index (χ4n) is 2.85. The summed E-state index contributed by atoms with van der Waals surface area (Å²) in [5.74, 6) is 1.32. The third-order valence-corrected chi connectivity index (χ3v) is 3.67. The Morgan fingerprint density at radius 3 is 2.50 bits per heavy atom. The summed E-state index contributed by atoms with van der Waals surface area (Å²) in [4.78, 5) is 11.3. The summed E-state index contributed by atoms with van der Waals surface area (Å²) in [6.07, 6.45) is 1.44. The van der Waals surface area contributed by atoms with Crippen molar-refractivity contribution in [3.05, 3.63) is 28.8 Å². The summed E-state index contributed by atoms with van der Waals surface area (Å²) in [5, 5.41) is 9.69. The molecule has 86 valence electrons. The highest BCUT2D eigenvalue weighted by Crippen LogP contribution is 2.52. The number of fused-ring (bicyclic) bond motifs is 3. The lowest BCUT2D eigenvalue weighted by molar-refractivity contribution is -0.130. The van der Waals surface area contributed by atoms with Crippen LogP contribution >= 0.6 is 0 Å². The van der Waals surface area contributed by atoms with Gasteiger partial charge in [0.25, 0.3) is 0 Å². The van der Waals surface area contributed by atoms with Crippen LogP contribution in [0.1, 0.15) is 42.9 Å². The molecule has 2 aliphatic carbocycles. The Balaban J connectivity index is 0.000000457. The van der Waals surface area contributed by atoms with E-state index in [1.54, 1.807) is 6.07 Å². The molecule has 16 heavy (non-hydrogen) atoms. The molecular weight excluding hydrogens is 200 g/mol. The molecule has 0 amide bonds. The van der Waals surface area contributed by atoms with Gasteiger partial charge < -0.3 is 5.11 Å². The van der Waals surface area contributed by atoms with Crippen molar-refractivity contribution in [1.82, 2.24) is 0 Å². The quantitative estimate of drug-likeness (QED) is 0.727. The highest BCUT2D eigenvalue weighted by atomic mass is 16.3. The predicted molar refractivity (Wildman–Crippen MR) is 63.8 cm³/mol. The van der Waals surface area contributed by atoms with E-state index in [-0.39, 0.29) is 5.92 Å². The van der Waals surface area contributed by atoms with E-state index in [1.165, 1.54) is 11.1 Å². The topological polar surface area (TPSA) is 37.3 Å². The van der Waals surface area contributed by atoms with Gasteiger partial charge in [-0.25, -0.2) is 0 Å². The van der Waals surface area contributed by atoms with Gasteiger partial charge in [0.15, 0.2) is 0 Å². The highest BCUT2D eigenvalue weighted by molar-refractivity contribution is 5.91. The van der Waals surface area contributed by atoms with Crippen LogP contribution < -0.4 is 0 Å². The van der Waals surface area contributed by atoms with Gasteiger partial charge in [-0.05, 0) is 36.1 Å². The Labute approximate surface area is 96.3 Å². The number of aromatic hydroxyl groups is 1. The van der Waals surface area contributed by atoms with Crippen LogP contribution in [0.5, 0.6) is 5.75 Å². The molecule has 0 heterocycles. The number of ketones is 1. The molecule has 1 saturated carbocycles. The van der Waals surface area contributed by atoms with Crippen LogP contribution in [0.2, 0.25) is 0 Å². The summed E-state index contributed by atoms with van der Waals surface area (Å²) in [6, 6.07) is 3.68. The number of aryl methyl sites for hydroxylation is 1. The average Bonchev–Trinajstić information content (AvgIpc) is 2.61. The molecular formula is C14H18O2. The van der Waals surface area contributed by atoms with Crippen LogP contribution in [0.3, 0.4) is 0 Å². The maximum atomic E-state index is 11.3. The van der Waals surface area contributed by atoms with Crippen LogP contribution in [-0.4, -0.2) is 10.9 Å². The average molecular weight is 218 g/mol. The van der Waals surface area contributed by atoms with Gasteiger partial charge in [0, 0.05) is 18.3 Å². The van der Waals surface area contributed by atoms with Crippen molar-refractivity contribution in [3.63, 3.8) is 0 Å². The number of benzene rings is 1. The number of phenolic OH excluding ortho intramolecular Hbond substituents is 1. The number of Topliss-reactive ketones (excluding diaryl/α,β-unsaturated/α-hetero) is 1. The Morgan fingerprint density at radius 1 is 1.19 bits per heavy atom. The molecule has 2 nitrogen and oxygen atoms in total. The summed E-state index contributed by atoms with van der Waals surface area (Å²) in [6.45, 7) is 6.06. The van der Waals surface area contributed by atoms with Crippen molar-refractivity contribution >= 4 is 5.78 Å². The van der Waals surface area contributed by atoms with Crippen molar-refractivity contribution in [3.8, 4) is 5.75 Å². The normalized spacial score (nSPS) is 25.1. The summed E-state index contributed by atoms with van der Waals surface area (Å²) < 4.78 is 0. The summed E-state index contributed by atoms with van der Waals surface area (Å²) in [7, 11) is 0. The zero-order chi connectivity index (χ0) is 11.9. The van der Waals surface area contributed by atoms with Gasteiger partial charge >= 0.3 is 0 Å². The Kier molecular flexibility index (Phi) is 2.75. The molecule has 1 aromatic carbocycles. The first kappa shape index (κ1) is 11.2. The first-order valence-corrected chi connectivity index (χ1v) is 6.02. The van der Waals surface area contributed by atoms with Crippen molar-refractivity contribution < 1.29 is 9.90 Å². The SMILES string of the molecule is CC.Cc1ccc(O)c2c1C1CC(=O)C1C2. The van der Waals surface area contributed by atoms with Crippen LogP contribution in [-0.2, 0) is 11.2 Å². The third kappa shape index (κ3) is 1.36. The van der Waals surface area contributed by atoms with E-state index in [2.05, 4.69) is 6.92 Å². The first-order valence-electron chi connectivity index (χ1n) is 6.02. The summed E-state index contributed by atoms with van der Waals surface area (Å²) >= 11 is 0. The molecule has 1 aromatic rings. The fraction of sp³-hybridized carbons (Fsp3) is 0.500. The lowest BCUT2D eigenvalue weighted by atomic mass is 9.72. The van der Waals surface area contributed by atoms with E-state index < -0.39 is 0 Å². The van der Waals surface area contributed by atoms with E-state index >= 15 is 0 Å². The molecule has 0 radical (unpaired) electrons. The molecule has 0 bridgehead atoms. The minimum absolute atomic E-state index is 0.178. The van der Waals surface area contributed by atoms with Gasteiger partial charge in [-0.15, -0.1) is 0 Å². The molecule has 2 heteroatoms. The van der Waals surface area contributed by atoms with Gasteiger partial charge in [-0.3, -0.25) is 4.79 Å². The summed E-state index contributed by atoms with van der Waals surface area (Å²) in [5.41, 5.74) is 3.48. The lowest BCUT2D eigenvalue weighted by Gasteiger charge is -2.29. The van der Waals surface area contributed by atoms with Crippen molar-refractivity contribution in [2.75, 3.05) is 0 Å². The van der Waals surface area contributed by atoms with E-state index in [0.717, 1.165) is 12.0 Å². The molecule has 2 unspecified atom stereocenters. The maximum Gasteiger partial charge on any atom is 0.137 e. The Bertz CT molecular complexity index is 435. The second kappa shape index (κ2) is 3.93. The molecule has 2 atom stereocenters. The van der Waals surface area contributed by atoms with Gasteiger partial charge in [0.05, 0.1) is 0 Å². The van der Waals surface area contributed by atoms with Crippen molar-refractivity contribution in [2.24, 2.45) is 5.92 Å². The van der Waals surface area contributed by atoms with Gasteiger partial charge in [0.2, 0.25) is 0 Å². The van der Waals surface area contributed by atoms with Gasteiger partial charge in [-0.1, -0.05) is 19.9 Å². The van der Waals surface area contributed by atoms with E-state index in [4.69, 9.17) is 0 Å². The van der Waals surface area contributed by atoms with Crippen molar-refractivity contribution in [1.29, 1.82) is 0 Å². The zero-order valence-electron chi connectivity index (χ0n) is 10.1. The van der Waals surface area contributed by atoms with Gasteiger partial charge in [0.1, 0.15) is 11.5 Å². The molecule has 0 spiro atoms. The fourth-order valence-corrected chi connectivity index (χ4v) is 2.85. The number of hydrogen-bond donors (Lipinski definition) is 1. The van der Waals surface area contributed by atoms with Gasteiger partial charge in [-0.2, -0.15) is 0 Å². The number of phenols is 1. The predicted octanol–water partition coefficient (Wildman–Crippen LogP) is 2.96. The number of carbonyl (C=O) groups excluding carboxylic acids is 1. The Hall–Kier alpha value is -1.31. The lowest BCUT2D eigenvalue weighted by Crippen LogP contribution is -2.32. The Morgan fingerprint density at radius 2 is 1.88 bits per heavy atom. The molecule has 0 aliphatic heterocycles. The standard InChI is InChI=1S/C12H12O2.C2H6/c1-6-2-3-10(13)9-4-7-8(12(6)9)5-11(7)14;1-2/h2-3,7-8,13H,4-5H2,1H3;1-2H3. The number of carbonyl (C=O) groups is 1. The smallest absolute Gasteiger partial charge is 0.137 e. The third-order valence-electron chi connectivity index (χ3n) is 3.67. The molecule has 0 aromatic heterocycles. The first-order chi connectivity index (χ1) is 7.68. The maximum absolute atomic E-state index is 11.3. The van der Waals surface area contributed by atoms with E-state index in [9.17, 15) is 9.90 Å². The molecule has 3 rings (SSSR count). The number of hydrogen-bond acceptors (Lipinski definition) is 2. The van der Waals surface area contributed by atoms with E-state index in [0.29, 0.717) is 23.9 Å². The second-order valence-corrected chi connectivity index (χ2v) is 4.38. The zero-order valence-corrected chi connectivity index (χ0v) is 10.1. The largest absolute Gasteiger partial charge is 0.508 e. The monoisotopic (exact) mass is 218 g/mol.